The van der Waals surface area contributed by atoms with Gasteiger partial charge in [-0.25, -0.2) is 9.97 Å². The summed E-state index contributed by atoms with van der Waals surface area (Å²) in [6, 6.07) is 4.51. The van der Waals surface area contributed by atoms with Gasteiger partial charge in [0.2, 0.25) is 0 Å². The molecule has 0 fully saturated rings. The molecule has 0 radical (unpaired) electrons. The summed E-state index contributed by atoms with van der Waals surface area (Å²) in [6.07, 6.45) is 6.95. The van der Waals surface area contributed by atoms with E-state index in [9.17, 15) is 0 Å². The van der Waals surface area contributed by atoms with Gasteiger partial charge in [0, 0.05) is 43.3 Å². The first-order chi connectivity index (χ1) is 10.3. The Morgan fingerprint density at radius 3 is 3.05 bits per heavy atom. The van der Waals surface area contributed by atoms with Gasteiger partial charge in [0.25, 0.3) is 0 Å². The summed E-state index contributed by atoms with van der Waals surface area (Å²) in [6.45, 7) is 8.21. The third kappa shape index (κ3) is 2.93. The Kier molecular flexibility index (Phi) is 4.20. The van der Waals surface area contributed by atoms with Crippen LogP contribution >= 0.6 is 0 Å². The van der Waals surface area contributed by atoms with Crippen molar-refractivity contribution in [2.75, 3.05) is 18.0 Å². The fourth-order valence-electron chi connectivity index (χ4n) is 2.84. The van der Waals surface area contributed by atoms with E-state index in [1.807, 2.05) is 18.5 Å². The van der Waals surface area contributed by atoms with Crippen LogP contribution in [0.15, 0.2) is 30.7 Å². The van der Waals surface area contributed by atoms with Crippen molar-refractivity contribution in [2.24, 2.45) is 0 Å². The second-order valence-electron chi connectivity index (χ2n) is 5.55. The highest BCUT2D eigenvalue weighted by molar-refractivity contribution is 5.48. The molecule has 1 N–H and O–H groups in total. The zero-order chi connectivity index (χ0) is 14.7. The lowest BCUT2D eigenvalue weighted by Crippen LogP contribution is -2.35. The van der Waals surface area contributed by atoms with Crippen LogP contribution in [0.5, 0.6) is 0 Å². The molecule has 0 aromatic carbocycles. The van der Waals surface area contributed by atoms with E-state index < -0.39 is 0 Å². The molecular weight excluding hydrogens is 262 g/mol. The van der Waals surface area contributed by atoms with Gasteiger partial charge in [0.1, 0.15) is 11.6 Å². The Hall–Kier alpha value is -1.88. The normalized spacial score (nSPS) is 15.8. The van der Waals surface area contributed by atoms with Gasteiger partial charge in [-0.2, -0.15) is 0 Å². The van der Waals surface area contributed by atoms with Gasteiger partial charge in [-0.3, -0.25) is 0 Å². The topological polar surface area (TPSA) is 46.0 Å². The summed E-state index contributed by atoms with van der Waals surface area (Å²) in [5, 5.41) is 3.55. The number of aromatic nitrogens is 3. The number of rotatable bonds is 5. The lowest BCUT2D eigenvalue weighted by Gasteiger charge is -2.31. The number of pyridine rings is 1. The van der Waals surface area contributed by atoms with Crippen LogP contribution in [-0.4, -0.2) is 27.6 Å². The highest BCUT2D eigenvalue weighted by Crippen LogP contribution is 2.26. The third-order valence-electron chi connectivity index (χ3n) is 4.03. The van der Waals surface area contributed by atoms with Gasteiger partial charge < -0.3 is 14.8 Å². The number of fused-ring (bicyclic) bond motifs is 1. The van der Waals surface area contributed by atoms with Gasteiger partial charge in [0.05, 0.1) is 6.54 Å². The molecule has 1 atom stereocenters. The number of hydrogen-bond acceptors (Lipinski definition) is 4. The number of imidazole rings is 1. The van der Waals surface area contributed by atoms with E-state index >= 15 is 0 Å². The van der Waals surface area contributed by atoms with Crippen molar-refractivity contribution in [3.05, 3.63) is 42.1 Å². The summed E-state index contributed by atoms with van der Waals surface area (Å²) in [7, 11) is 0. The summed E-state index contributed by atoms with van der Waals surface area (Å²) >= 11 is 0. The summed E-state index contributed by atoms with van der Waals surface area (Å²) in [5.74, 6) is 2.20. The van der Waals surface area contributed by atoms with E-state index in [0.29, 0.717) is 6.04 Å². The van der Waals surface area contributed by atoms with E-state index in [0.717, 1.165) is 44.2 Å². The van der Waals surface area contributed by atoms with Gasteiger partial charge in [-0.05, 0) is 26.0 Å². The maximum Gasteiger partial charge on any atom is 0.133 e. The predicted molar refractivity (Wildman–Crippen MR) is 84.2 cm³/mol. The fourth-order valence-corrected chi connectivity index (χ4v) is 2.84. The highest BCUT2D eigenvalue weighted by Gasteiger charge is 2.21. The van der Waals surface area contributed by atoms with Gasteiger partial charge in [-0.15, -0.1) is 0 Å². The van der Waals surface area contributed by atoms with Crippen molar-refractivity contribution < 1.29 is 0 Å². The molecule has 112 valence electrons. The first kappa shape index (κ1) is 14.1. The second kappa shape index (κ2) is 6.26. The van der Waals surface area contributed by atoms with Crippen LogP contribution in [0, 0.1) is 0 Å². The van der Waals surface area contributed by atoms with Crippen molar-refractivity contribution in [3.63, 3.8) is 0 Å². The van der Waals surface area contributed by atoms with Gasteiger partial charge in [-0.1, -0.05) is 13.0 Å². The molecule has 1 aliphatic rings. The van der Waals surface area contributed by atoms with Crippen LogP contribution in [0.2, 0.25) is 0 Å². The number of hydrogen-bond donors (Lipinski definition) is 1. The van der Waals surface area contributed by atoms with Crippen LogP contribution in [-0.2, 0) is 13.1 Å². The monoisotopic (exact) mass is 285 g/mol. The number of nitrogens with zero attached hydrogens (tertiary/aromatic N) is 4. The van der Waals surface area contributed by atoms with Gasteiger partial charge in [0.15, 0.2) is 0 Å². The summed E-state index contributed by atoms with van der Waals surface area (Å²) < 4.78 is 2.22. The van der Waals surface area contributed by atoms with E-state index in [-0.39, 0.29) is 0 Å². The molecule has 2 aromatic rings. The average Bonchev–Trinajstić information content (AvgIpc) is 3.00. The average molecular weight is 285 g/mol. The van der Waals surface area contributed by atoms with Gasteiger partial charge >= 0.3 is 0 Å². The molecule has 3 heterocycles. The van der Waals surface area contributed by atoms with Crippen molar-refractivity contribution in [3.8, 4) is 0 Å². The molecule has 1 aliphatic heterocycles. The van der Waals surface area contributed by atoms with Crippen molar-refractivity contribution in [1.29, 1.82) is 0 Å². The molecule has 0 amide bonds. The molecule has 21 heavy (non-hydrogen) atoms. The van der Waals surface area contributed by atoms with Crippen LogP contribution in [0.4, 0.5) is 5.82 Å². The Balaban J connectivity index is 1.82. The fraction of sp³-hybridized carbons (Fsp3) is 0.500. The Bertz CT molecular complexity index is 592. The molecule has 0 saturated carbocycles. The van der Waals surface area contributed by atoms with Crippen molar-refractivity contribution >= 4 is 5.82 Å². The zero-order valence-corrected chi connectivity index (χ0v) is 12.8. The van der Waals surface area contributed by atoms with Crippen LogP contribution < -0.4 is 10.2 Å². The standard InChI is InChI=1S/C16H23N5/c1-3-6-17-13(2)14-5-4-7-19-16(14)21-11-10-20-9-8-18-15(20)12-21/h4-5,7-9,13,17H,3,6,10-12H2,1-2H3. The Morgan fingerprint density at radius 1 is 1.29 bits per heavy atom. The molecule has 3 rings (SSSR count). The van der Waals surface area contributed by atoms with Crippen molar-refractivity contribution in [2.45, 2.75) is 39.4 Å². The summed E-state index contributed by atoms with van der Waals surface area (Å²) in [5.41, 5.74) is 1.27. The lowest BCUT2D eigenvalue weighted by molar-refractivity contribution is 0.540. The second-order valence-corrected chi connectivity index (χ2v) is 5.55. The first-order valence-corrected chi connectivity index (χ1v) is 7.73. The molecule has 0 spiro atoms. The van der Waals surface area contributed by atoms with E-state index in [1.54, 1.807) is 0 Å². The van der Waals surface area contributed by atoms with Crippen LogP contribution in [0.1, 0.15) is 37.7 Å². The molecular formula is C16H23N5. The highest BCUT2D eigenvalue weighted by atomic mass is 15.3. The lowest BCUT2D eigenvalue weighted by atomic mass is 10.1. The number of anilines is 1. The Morgan fingerprint density at radius 2 is 2.19 bits per heavy atom. The number of nitrogens with one attached hydrogen (secondary N) is 1. The predicted octanol–water partition coefficient (Wildman–Crippen LogP) is 2.36. The van der Waals surface area contributed by atoms with Crippen LogP contribution in [0.3, 0.4) is 0 Å². The maximum atomic E-state index is 4.64. The minimum absolute atomic E-state index is 0.315. The van der Waals surface area contributed by atoms with Crippen LogP contribution in [0.25, 0.3) is 0 Å². The minimum atomic E-state index is 0.315. The summed E-state index contributed by atoms with van der Waals surface area (Å²) in [4.78, 5) is 11.4. The SMILES string of the molecule is CCCNC(C)c1cccnc1N1CCn2ccnc2C1. The third-order valence-corrected chi connectivity index (χ3v) is 4.03. The van der Waals surface area contributed by atoms with E-state index in [2.05, 4.69) is 50.9 Å². The first-order valence-electron chi connectivity index (χ1n) is 7.73. The molecule has 2 aromatic heterocycles. The molecule has 0 saturated heterocycles. The van der Waals surface area contributed by atoms with Crippen molar-refractivity contribution in [1.82, 2.24) is 19.9 Å². The molecule has 5 heteroatoms. The minimum Gasteiger partial charge on any atom is -0.347 e. The molecule has 0 aliphatic carbocycles. The van der Waals surface area contributed by atoms with E-state index in [4.69, 9.17) is 0 Å². The molecule has 0 bridgehead atoms. The molecule has 5 nitrogen and oxygen atoms in total. The largest absolute Gasteiger partial charge is 0.347 e. The smallest absolute Gasteiger partial charge is 0.133 e. The van der Waals surface area contributed by atoms with E-state index in [1.165, 1.54) is 5.56 Å². The Labute approximate surface area is 126 Å². The molecule has 1 unspecified atom stereocenters. The maximum absolute atomic E-state index is 4.64. The zero-order valence-electron chi connectivity index (χ0n) is 12.8. The quantitative estimate of drug-likeness (QED) is 0.916.